The van der Waals surface area contributed by atoms with E-state index in [0.717, 1.165) is 26.1 Å². The Balaban J connectivity index is 1.83. The summed E-state index contributed by atoms with van der Waals surface area (Å²) in [5, 5.41) is 0. The van der Waals surface area contributed by atoms with Crippen LogP contribution in [0.5, 0.6) is 0 Å². The Hall–Kier alpha value is -2.08. The van der Waals surface area contributed by atoms with Crippen molar-refractivity contribution in [1.82, 2.24) is 14.7 Å². The van der Waals surface area contributed by atoms with Crippen LogP contribution < -0.4 is 4.90 Å². The fraction of sp³-hybridized carbons (Fsp3) is 0.600. The maximum atomic E-state index is 12.6. The van der Waals surface area contributed by atoms with Gasteiger partial charge in [-0.3, -0.25) is 9.59 Å². The molecular formula is C20H32N4O2. The zero-order valence-corrected chi connectivity index (χ0v) is 16.6. The van der Waals surface area contributed by atoms with E-state index in [1.807, 2.05) is 19.0 Å². The second-order valence-corrected chi connectivity index (χ2v) is 7.30. The summed E-state index contributed by atoms with van der Waals surface area (Å²) < 4.78 is 0. The predicted molar refractivity (Wildman–Crippen MR) is 105 cm³/mol. The van der Waals surface area contributed by atoms with Gasteiger partial charge in [-0.15, -0.1) is 0 Å². The number of aryl methyl sites for hydroxylation is 1. The average molecular weight is 361 g/mol. The van der Waals surface area contributed by atoms with E-state index < -0.39 is 0 Å². The first-order valence-electron chi connectivity index (χ1n) is 9.36. The number of carbonyl (C=O) groups is 2. The van der Waals surface area contributed by atoms with Gasteiger partial charge in [-0.1, -0.05) is 12.1 Å². The SMILES string of the molecule is CC(=O)N(CCCN(C)C)CC(=O)N1CCN(c2cccc(C)c2)CC1. The molecule has 0 radical (unpaired) electrons. The minimum absolute atomic E-state index is 0.0319. The first-order chi connectivity index (χ1) is 12.4. The van der Waals surface area contributed by atoms with Gasteiger partial charge in [-0.05, 0) is 51.7 Å². The van der Waals surface area contributed by atoms with Crippen molar-refractivity contribution < 1.29 is 9.59 Å². The van der Waals surface area contributed by atoms with Crippen molar-refractivity contribution >= 4 is 17.5 Å². The van der Waals surface area contributed by atoms with E-state index >= 15 is 0 Å². The van der Waals surface area contributed by atoms with Crippen molar-refractivity contribution in [1.29, 1.82) is 0 Å². The number of rotatable bonds is 7. The summed E-state index contributed by atoms with van der Waals surface area (Å²) in [5.41, 5.74) is 2.46. The molecule has 6 heteroatoms. The highest BCUT2D eigenvalue weighted by molar-refractivity contribution is 5.84. The fourth-order valence-electron chi connectivity index (χ4n) is 3.23. The zero-order valence-electron chi connectivity index (χ0n) is 16.6. The number of benzene rings is 1. The molecule has 2 rings (SSSR count). The van der Waals surface area contributed by atoms with Gasteiger partial charge in [0.2, 0.25) is 11.8 Å². The highest BCUT2D eigenvalue weighted by atomic mass is 16.2. The topological polar surface area (TPSA) is 47.1 Å². The van der Waals surface area contributed by atoms with Gasteiger partial charge < -0.3 is 19.6 Å². The highest BCUT2D eigenvalue weighted by Crippen LogP contribution is 2.17. The van der Waals surface area contributed by atoms with Gasteiger partial charge in [0.05, 0.1) is 6.54 Å². The number of amides is 2. The molecule has 6 nitrogen and oxygen atoms in total. The summed E-state index contributed by atoms with van der Waals surface area (Å²) in [5.74, 6) is 0.0180. The second kappa shape index (κ2) is 9.57. The number of nitrogens with zero attached hydrogens (tertiary/aromatic N) is 4. The standard InChI is InChI=1S/C20H32N4O2/c1-17-7-5-8-19(15-17)22-11-13-23(14-12-22)20(26)16-24(18(2)25)10-6-9-21(3)4/h5,7-8,15H,6,9-14,16H2,1-4H3. The van der Waals surface area contributed by atoms with E-state index in [4.69, 9.17) is 0 Å². The van der Waals surface area contributed by atoms with Crippen LogP contribution in [0.15, 0.2) is 24.3 Å². The lowest BCUT2D eigenvalue weighted by Crippen LogP contribution is -2.52. The molecule has 26 heavy (non-hydrogen) atoms. The molecule has 0 N–H and O–H groups in total. The van der Waals surface area contributed by atoms with Crippen LogP contribution in [0, 0.1) is 6.92 Å². The van der Waals surface area contributed by atoms with Crippen molar-refractivity contribution in [3.63, 3.8) is 0 Å². The van der Waals surface area contributed by atoms with Crippen LogP contribution in [-0.4, -0.2) is 86.4 Å². The maximum absolute atomic E-state index is 12.6. The molecular weight excluding hydrogens is 328 g/mol. The van der Waals surface area contributed by atoms with Crippen molar-refractivity contribution in [2.45, 2.75) is 20.3 Å². The minimum Gasteiger partial charge on any atom is -0.368 e. The van der Waals surface area contributed by atoms with Crippen LogP contribution in [0.2, 0.25) is 0 Å². The Kier molecular flexibility index (Phi) is 7.45. The Bertz CT molecular complexity index is 610. The predicted octanol–water partition coefficient (Wildman–Crippen LogP) is 1.44. The smallest absolute Gasteiger partial charge is 0.242 e. The van der Waals surface area contributed by atoms with Gasteiger partial charge in [0.25, 0.3) is 0 Å². The van der Waals surface area contributed by atoms with Crippen molar-refractivity contribution in [2.75, 3.05) is 64.8 Å². The fourth-order valence-corrected chi connectivity index (χ4v) is 3.23. The molecule has 1 aliphatic rings. The molecule has 2 amide bonds. The van der Waals surface area contributed by atoms with E-state index in [0.29, 0.717) is 19.6 Å². The Labute approximate surface area is 157 Å². The van der Waals surface area contributed by atoms with E-state index in [-0.39, 0.29) is 18.4 Å². The number of hydrogen-bond acceptors (Lipinski definition) is 4. The normalized spacial score (nSPS) is 14.7. The first-order valence-corrected chi connectivity index (χ1v) is 9.36. The number of anilines is 1. The summed E-state index contributed by atoms with van der Waals surface area (Å²) in [6.45, 7) is 8.43. The van der Waals surface area contributed by atoms with Gasteiger partial charge in [-0.25, -0.2) is 0 Å². The highest BCUT2D eigenvalue weighted by Gasteiger charge is 2.23. The summed E-state index contributed by atoms with van der Waals surface area (Å²) in [6, 6.07) is 8.46. The van der Waals surface area contributed by atoms with Crippen LogP contribution in [0.25, 0.3) is 0 Å². The summed E-state index contributed by atoms with van der Waals surface area (Å²) in [7, 11) is 4.02. The molecule has 1 aromatic rings. The molecule has 1 saturated heterocycles. The molecule has 1 aliphatic heterocycles. The third kappa shape index (κ3) is 6.02. The minimum atomic E-state index is -0.0319. The number of piperazine rings is 1. The molecule has 0 spiro atoms. The Morgan fingerprint density at radius 3 is 2.35 bits per heavy atom. The Morgan fingerprint density at radius 2 is 1.77 bits per heavy atom. The molecule has 0 saturated carbocycles. The monoisotopic (exact) mass is 360 g/mol. The first kappa shape index (κ1) is 20.2. The maximum Gasteiger partial charge on any atom is 0.242 e. The molecule has 0 bridgehead atoms. The summed E-state index contributed by atoms with van der Waals surface area (Å²) in [6.07, 6.45) is 0.876. The van der Waals surface area contributed by atoms with Crippen LogP contribution in [-0.2, 0) is 9.59 Å². The number of carbonyl (C=O) groups excluding carboxylic acids is 2. The van der Waals surface area contributed by atoms with E-state index in [9.17, 15) is 9.59 Å². The van der Waals surface area contributed by atoms with Crippen LogP contribution in [0.1, 0.15) is 18.9 Å². The molecule has 0 unspecified atom stereocenters. The van der Waals surface area contributed by atoms with Crippen molar-refractivity contribution in [3.05, 3.63) is 29.8 Å². The van der Waals surface area contributed by atoms with Crippen LogP contribution in [0.4, 0.5) is 5.69 Å². The molecule has 0 aliphatic carbocycles. The van der Waals surface area contributed by atoms with Gasteiger partial charge >= 0.3 is 0 Å². The summed E-state index contributed by atoms with van der Waals surface area (Å²) >= 11 is 0. The molecule has 0 atom stereocenters. The third-order valence-electron chi connectivity index (χ3n) is 4.80. The average Bonchev–Trinajstić information content (AvgIpc) is 2.60. The molecule has 1 aromatic carbocycles. The molecule has 1 heterocycles. The Morgan fingerprint density at radius 1 is 1.08 bits per heavy atom. The molecule has 1 fully saturated rings. The van der Waals surface area contributed by atoms with Crippen LogP contribution >= 0.6 is 0 Å². The van der Waals surface area contributed by atoms with Crippen molar-refractivity contribution in [2.24, 2.45) is 0 Å². The number of hydrogen-bond donors (Lipinski definition) is 0. The zero-order chi connectivity index (χ0) is 19.1. The summed E-state index contributed by atoms with van der Waals surface area (Å²) in [4.78, 5) is 32.4. The van der Waals surface area contributed by atoms with E-state index in [2.05, 4.69) is 41.0 Å². The lowest BCUT2D eigenvalue weighted by molar-refractivity contribution is -0.139. The lowest BCUT2D eigenvalue weighted by Gasteiger charge is -2.37. The van der Waals surface area contributed by atoms with E-state index in [1.165, 1.54) is 11.3 Å². The second-order valence-electron chi connectivity index (χ2n) is 7.30. The van der Waals surface area contributed by atoms with Gasteiger partial charge in [0, 0.05) is 45.3 Å². The quantitative estimate of drug-likeness (QED) is 0.738. The van der Waals surface area contributed by atoms with Gasteiger partial charge in [0.15, 0.2) is 0 Å². The van der Waals surface area contributed by atoms with E-state index in [1.54, 1.807) is 11.8 Å². The largest absolute Gasteiger partial charge is 0.368 e. The third-order valence-corrected chi connectivity index (χ3v) is 4.80. The van der Waals surface area contributed by atoms with Crippen LogP contribution in [0.3, 0.4) is 0 Å². The lowest BCUT2D eigenvalue weighted by atomic mass is 10.2. The molecule has 144 valence electrons. The molecule has 0 aromatic heterocycles. The van der Waals surface area contributed by atoms with Crippen molar-refractivity contribution in [3.8, 4) is 0 Å². The van der Waals surface area contributed by atoms with Gasteiger partial charge in [0.1, 0.15) is 0 Å². The van der Waals surface area contributed by atoms with Gasteiger partial charge in [-0.2, -0.15) is 0 Å².